The maximum absolute atomic E-state index is 5.60. The summed E-state index contributed by atoms with van der Waals surface area (Å²) in [5.41, 5.74) is 0. The minimum absolute atomic E-state index is 0.270. The summed E-state index contributed by atoms with van der Waals surface area (Å²) in [5, 5.41) is 0. The van der Waals surface area contributed by atoms with Crippen LogP contribution in [0.1, 0.15) is 20.3 Å². The van der Waals surface area contributed by atoms with E-state index in [1.54, 1.807) is 0 Å². The summed E-state index contributed by atoms with van der Waals surface area (Å²) in [4.78, 5) is 0. The molecule has 3 heteroatoms. The third-order valence-electron chi connectivity index (χ3n) is 2.59. The minimum Gasteiger partial charge on any atom is -0.375 e. The maximum atomic E-state index is 5.60. The van der Waals surface area contributed by atoms with Crippen LogP contribution in [0.5, 0.6) is 0 Å². The van der Waals surface area contributed by atoms with Gasteiger partial charge in [0.1, 0.15) is 0 Å². The second-order valence-electron chi connectivity index (χ2n) is 3.98. The van der Waals surface area contributed by atoms with Crippen molar-refractivity contribution in [2.24, 2.45) is 5.92 Å². The zero-order valence-electron chi connectivity index (χ0n) is 7.71. The molecule has 1 unspecified atom stereocenters. The summed E-state index contributed by atoms with van der Waals surface area (Å²) in [6.07, 6.45) is 1.39. The predicted molar refractivity (Wildman–Crippen MR) is 43.8 cm³/mol. The van der Waals surface area contributed by atoms with Crippen LogP contribution in [0.4, 0.5) is 0 Å². The van der Waals surface area contributed by atoms with Gasteiger partial charge in [0.15, 0.2) is 5.79 Å². The van der Waals surface area contributed by atoms with Gasteiger partial charge in [0.2, 0.25) is 0 Å². The van der Waals surface area contributed by atoms with Gasteiger partial charge in [0.05, 0.1) is 19.3 Å². The lowest BCUT2D eigenvalue weighted by molar-refractivity contribution is -0.206. The SMILES string of the molecule is CC1(C)OCC2OCC[C@@H]2CO1. The van der Waals surface area contributed by atoms with Crippen molar-refractivity contribution in [3.63, 3.8) is 0 Å². The molecular weight excluding hydrogens is 156 g/mol. The molecule has 0 saturated carbocycles. The molecular formula is C9H16O3. The Hall–Kier alpha value is -0.120. The Morgan fingerprint density at radius 3 is 2.75 bits per heavy atom. The highest BCUT2D eigenvalue weighted by atomic mass is 16.7. The van der Waals surface area contributed by atoms with Crippen LogP contribution in [0.2, 0.25) is 0 Å². The molecule has 2 rings (SSSR count). The van der Waals surface area contributed by atoms with E-state index in [-0.39, 0.29) is 6.10 Å². The molecule has 0 aromatic rings. The lowest BCUT2D eigenvalue weighted by atomic mass is 10.0. The monoisotopic (exact) mass is 172 g/mol. The van der Waals surface area contributed by atoms with Gasteiger partial charge in [-0.1, -0.05) is 0 Å². The van der Waals surface area contributed by atoms with Crippen molar-refractivity contribution in [2.75, 3.05) is 19.8 Å². The molecule has 0 N–H and O–H groups in total. The molecule has 2 aliphatic rings. The quantitative estimate of drug-likeness (QED) is 0.549. The second-order valence-corrected chi connectivity index (χ2v) is 3.98. The third kappa shape index (κ3) is 1.63. The summed E-state index contributed by atoms with van der Waals surface area (Å²) < 4.78 is 16.7. The molecule has 2 aliphatic heterocycles. The van der Waals surface area contributed by atoms with Crippen LogP contribution in [-0.2, 0) is 14.2 Å². The van der Waals surface area contributed by atoms with Crippen LogP contribution in [-0.4, -0.2) is 31.7 Å². The van der Waals surface area contributed by atoms with Crippen molar-refractivity contribution < 1.29 is 14.2 Å². The molecule has 0 aromatic heterocycles. The average molecular weight is 172 g/mol. The third-order valence-corrected chi connectivity index (χ3v) is 2.59. The Labute approximate surface area is 73.0 Å². The Morgan fingerprint density at radius 1 is 1.17 bits per heavy atom. The van der Waals surface area contributed by atoms with E-state index < -0.39 is 5.79 Å². The van der Waals surface area contributed by atoms with Gasteiger partial charge < -0.3 is 14.2 Å². The fourth-order valence-corrected chi connectivity index (χ4v) is 1.70. The predicted octanol–water partition coefficient (Wildman–Crippen LogP) is 1.17. The Bertz CT molecular complexity index is 151. The van der Waals surface area contributed by atoms with Crippen LogP contribution in [0, 0.1) is 5.92 Å². The van der Waals surface area contributed by atoms with Crippen LogP contribution < -0.4 is 0 Å². The lowest BCUT2D eigenvalue weighted by Crippen LogP contribution is -2.28. The number of ether oxygens (including phenoxy) is 3. The first-order valence-electron chi connectivity index (χ1n) is 4.57. The fraction of sp³-hybridized carbons (Fsp3) is 1.00. The maximum Gasteiger partial charge on any atom is 0.162 e. The average Bonchev–Trinajstić information content (AvgIpc) is 2.40. The molecule has 0 amide bonds. The van der Waals surface area contributed by atoms with Gasteiger partial charge in [-0.2, -0.15) is 0 Å². The minimum atomic E-state index is -0.423. The second kappa shape index (κ2) is 2.98. The summed E-state index contributed by atoms with van der Waals surface area (Å²) in [5.74, 6) is 0.125. The first kappa shape index (κ1) is 8.48. The zero-order chi connectivity index (χ0) is 8.60. The van der Waals surface area contributed by atoms with Crippen molar-refractivity contribution in [1.29, 1.82) is 0 Å². The van der Waals surface area contributed by atoms with E-state index in [2.05, 4.69) is 0 Å². The van der Waals surface area contributed by atoms with Crippen LogP contribution in [0.25, 0.3) is 0 Å². The Morgan fingerprint density at radius 2 is 1.92 bits per heavy atom. The summed E-state index contributed by atoms with van der Waals surface area (Å²) >= 11 is 0. The molecule has 2 heterocycles. The number of rotatable bonds is 0. The molecule has 0 bridgehead atoms. The first-order valence-corrected chi connectivity index (χ1v) is 4.57. The van der Waals surface area contributed by atoms with Gasteiger partial charge in [-0.15, -0.1) is 0 Å². The zero-order valence-corrected chi connectivity index (χ0v) is 7.71. The van der Waals surface area contributed by atoms with Crippen molar-refractivity contribution in [3.05, 3.63) is 0 Å². The van der Waals surface area contributed by atoms with Gasteiger partial charge in [-0.05, 0) is 20.3 Å². The summed E-state index contributed by atoms with van der Waals surface area (Å²) in [6, 6.07) is 0. The number of hydrogen-bond donors (Lipinski definition) is 0. The normalized spacial score (nSPS) is 40.5. The molecule has 70 valence electrons. The molecule has 0 aliphatic carbocycles. The Balaban J connectivity index is 1.99. The van der Waals surface area contributed by atoms with Gasteiger partial charge in [-0.25, -0.2) is 0 Å². The number of fused-ring (bicyclic) bond motifs is 1. The van der Waals surface area contributed by atoms with E-state index in [1.165, 1.54) is 0 Å². The van der Waals surface area contributed by atoms with E-state index in [1.807, 2.05) is 13.8 Å². The Kier molecular flexibility index (Phi) is 2.10. The van der Waals surface area contributed by atoms with Gasteiger partial charge in [0, 0.05) is 12.5 Å². The highest BCUT2D eigenvalue weighted by molar-refractivity contribution is 4.79. The molecule has 2 saturated heterocycles. The summed E-state index contributed by atoms with van der Waals surface area (Å²) in [7, 11) is 0. The van der Waals surface area contributed by atoms with E-state index in [0.29, 0.717) is 12.5 Å². The van der Waals surface area contributed by atoms with Crippen molar-refractivity contribution in [3.8, 4) is 0 Å². The van der Waals surface area contributed by atoms with Crippen LogP contribution in [0.3, 0.4) is 0 Å². The topological polar surface area (TPSA) is 27.7 Å². The molecule has 3 nitrogen and oxygen atoms in total. The molecule has 0 aromatic carbocycles. The van der Waals surface area contributed by atoms with E-state index in [4.69, 9.17) is 14.2 Å². The van der Waals surface area contributed by atoms with Crippen LogP contribution >= 0.6 is 0 Å². The van der Waals surface area contributed by atoms with Gasteiger partial charge in [0.25, 0.3) is 0 Å². The fourth-order valence-electron chi connectivity index (χ4n) is 1.70. The summed E-state index contributed by atoms with van der Waals surface area (Å²) in [6.45, 7) is 6.22. The van der Waals surface area contributed by atoms with Crippen molar-refractivity contribution in [1.82, 2.24) is 0 Å². The largest absolute Gasteiger partial charge is 0.375 e. The molecule has 0 radical (unpaired) electrons. The van der Waals surface area contributed by atoms with Gasteiger partial charge >= 0.3 is 0 Å². The molecule has 2 atom stereocenters. The molecule has 0 spiro atoms. The number of hydrogen-bond acceptors (Lipinski definition) is 3. The van der Waals surface area contributed by atoms with Crippen molar-refractivity contribution in [2.45, 2.75) is 32.2 Å². The molecule has 12 heavy (non-hydrogen) atoms. The van der Waals surface area contributed by atoms with E-state index >= 15 is 0 Å². The first-order chi connectivity index (χ1) is 5.67. The lowest BCUT2D eigenvalue weighted by Gasteiger charge is -2.23. The van der Waals surface area contributed by atoms with E-state index in [0.717, 1.165) is 19.6 Å². The highest BCUT2D eigenvalue weighted by Crippen LogP contribution is 2.28. The molecule has 2 fully saturated rings. The van der Waals surface area contributed by atoms with Crippen molar-refractivity contribution >= 4 is 0 Å². The highest BCUT2D eigenvalue weighted by Gasteiger charge is 2.35. The van der Waals surface area contributed by atoms with E-state index in [9.17, 15) is 0 Å². The van der Waals surface area contributed by atoms with Crippen LogP contribution in [0.15, 0.2) is 0 Å². The van der Waals surface area contributed by atoms with Gasteiger partial charge in [-0.3, -0.25) is 0 Å². The smallest absolute Gasteiger partial charge is 0.162 e. The standard InChI is InChI=1S/C9H16O3/c1-9(2)11-5-7-3-4-10-8(7)6-12-9/h7-8H,3-6H2,1-2H3/t7-,8?/m1/s1.